The lowest BCUT2D eigenvalue weighted by Crippen LogP contribution is -2.40. The highest BCUT2D eigenvalue weighted by atomic mass is 79.9. The maximum atomic E-state index is 14.2. The highest BCUT2D eigenvalue weighted by Crippen LogP contribution is 2.36. The minimum Gasteiger partial charge on any atom is -0.490 e. The molecule has 10 nitrogen and oxygen atoms in total. The molecule has 0 amide bonds. The van der Waals surface area contributed by atoms with Gasteiger partial charge in [-0.15, -0.1) is 0 Å². The fourth-order valence-electron chi connectivity index (χ4n) is 5.45. The van der Waals surface area contributed by atoms with E-state index in [9.17, 15) is 14.4 Å². The lowest BCUT2D eigenvalue weighted by molar-refractivity contribution is -0.143. The molecule has 0 saturated heterocycles. The number of hydrogen-bond acceptors (Lipinski definition) is 9. The van der Waals surface area contributed by atoms with Crippen LogP contribution in [0.1, 0.15) is 49.3 Å². The molecular weight excluding hydrogens is 674 g/mol. The van der Waals surface area contributed by atoms with Crippen LogP contribution in [0.5, 0.6) is 11.5 Å². The summed E-state index contributed by atoms with van der Waals surface area (Å²) in [5, 5.41) is 0. The molecule has 0 saturated carbocycles. The highest BCUT2D eigenvalue weighted by molar-refractivity contribution is 9.10. The largest absolute Gasteiger partial charge is 0.490 e. The van der Waals surface area contributed by atoms with E-state index in [-0.39, 0.29) is 24.3 Å². The van der Waals surface area contributed by atoms with Crippen molar-refractivity contribution in [2.24, 2.45) is 4.99 Å². The average molecular weight is 709 g/mol. The Morgan fingerprint density at radius 1 is 1.00 bits per heavy atom. The van der Waals surface area contributed by atoms with Gasteiger partial charge in [-0.05, 0) is 94.3 Å². The molecule has 0 fully saturated rings. The third-order valence-corrected chi connectivity index (χ3v) is 9.03. The number of ether oxygens (including phenoxy) is 4. The Morgan fingerprint density at radius 2 is 1.74 bits per heavy atom. The fourth-order valence-corrected chi connectivity index (χ4v) is 6.75. The summed E-state index contributed by atoms with van der Waals surface area (Å²) < 4.78 is 26.7. The molecule has 240 valence electrons. The second-order valence-electron chi connectivity index (χ2n) is 10.4. The summed E-state index contributed by atoms with van der Waals surface area (Å²) in [5.74, 6) is -0.434. The number of fused-ring (bicyclic) bond motifs is 1. The van der Waals surface area contributed by atoms with Crippen LogP contribution in [0.2, 0.25) is 0 Å². The van der Waals surface area contributed by atoms with Gasteiger partial charge in [0.1, 0.15) is 0 Å². The summed E-state index contributed by atoms with van der Waals surface area (Å²) in [5.41, 5.74) is 4.92. The van der Waals surface area contributed by atoms with Crippen LogP contribution in [0, 0.1) is 13.8 Å². The number of aromatic nitrogens is 2. The number of methoxy groups -OCH3 is 1. The second-order valence-corrected chi connectivity index (χ2v) is 12.4. The first kappa shape index (κ1) is 33.0. The van der Waals surface area contributed by atoms with Gasteiger partial charge in [0, 0.05) is 21.5 Å². The van der Waals surface area contributed by atoms with Crippen LogP contribution in [0.3, 0.4) is 0 Å². The third kappa shape index (κ3) is 6.45. The van der Waals surface area contributed by atoms with E-state index in [0.717, 1.165) is 27.1 Å². The number of halogens is 1. The number of benzene rings is 2. The maximum Gasteiger partial charge on any atom is 0.343 e. The van der Waals surface area contributed by atoms with E-state index in [2.05, 4.69) is 30.2 Å². The summed E-state index contributed by atoms with van der Waals surface area (Å²) in [6, 6.07) is 14.3. The Morgan fingerprint density at radius 3 is 2.41 bits per heavy atom. The Balaban J connectivity index is 1.66. The van der Waals surface area contributed by atoms with Gasteiger partial charge in [-0.25, -0.2) is 14.6 Å². The number of esters is 2. The van der Waals surface area contributed by atoms with Crippen molar-refractivity contribution in [2.75, 3.05) is 26.9 Å². The van der Waals surface area contributed by atoms with Gasteiger partial charge >= 0.3 is 11.9 Å². The van der Waals surface area contributed by atoms with E-state index in [4.69, 9.17) is 14.2 Å². The van der Waals surface area contributed by atoms with Crippen LogP contribution in [-0.2, 0) is 19.1 Å². The molecule has 1 aliphatic heterocycles. The van der Waals surface area contributed by atoms with E-state index in [1.54, 1.807) is 32.0 Å². The zero-order chi connectivity index (χ0) is 33.1. The summed E-state index contributed by atoms with van der Waals surface area (Å²) in [6.45, 7) is 9.50. The van der Waals surface area contributed by atoms with Crippen LogP contribution in [0.15, 0.2) is 74.1 Å². The predicted molar refractivity (Wildman–Crippen MR) is 178 cm³/mol. The van der Waals surface area contributed by atoms with Crippen LogP contribution >= 0.6 is 27.3 Å². The van der Waals surface area contributed by atoms with Gasteiger partial charge in [0.15, 0.2) is 22.9 Å². The molecule has 5 rings (SSSR count). The van der Waals surface area contributed by atoms with E-state index in [1.165, 1.54) is 23.0 Å². The fraction of sp³-hybridized carbons (Fsp3) is 0.294. The molecular formula is C34H34BrN3O7S. The molecule has 0 spiro atoms. The molecule has 1 aliphatic rings. The number of carbonyl (C=O) groups excluding carboxylic acids is 2. The first-order valence-electron chi connectivity index (χ1n) is 14.7. The van der Waals surface area contributed by atoms with Gasteiger partial charge in [0.25, 0.3) is 5.56 Å². The SMILES string of the molecule is CCOC(=O)C1=C(C)N=c2s/c(=C/c3cc(C)n(-c4ccc(Br)cc4)c3C)c(=O)n2[C@H]1c1ccc(OCC(=O)OC)c(OCC)c1. The number of allylic oxidation sites excluding steroid dienone is 1. The summed E-state index contributed by atoms with van der Waals surface area (Å²) in [7, 11) is 1.28. The Kier molecular flexibility index (Phi) is 9.97. The van der Waals surface area contributed by atoms with Gasteiger partial charge < -0.3 is 23.5 Å². The summed E-state index contributed by atoms with van der Waals surface area (Å²) in [4.78, 5) is 44.5. The lowest BCUT2D eigenvalue weighted by atomic mass is 9.95. The molecule has 2 aromatic carbocycles. The van der Waals surface area contributed by atoms with Gasteiger partial charge in [0.2, 0.25) is 0 Å². The molecule has 3 heterocycles. The number of hydrogen-bond donors (Lipinski definition) is 0. The zero-order valence-corrected chi connectivity index (χ0v) is 28.8. The monoisotopic (exact) mass is 707 g/mol. The smallest absolute Gasteiger partial charge is 0.343 e. The van der Waals surface area contributed by atoms with Crippen molar-refractivity contribution in [3.8, 4) is 17.2 Å². The predicted octanol–water partition coefficient (Wildman–Crippen LogP) is 4.92. The van der Waals surface area contributed by atoms with E-state index < -0.39 is 18.0 Å². The van der Waals surface area contributed by atoms with Crippen molar-refractivity contribution in [3.63, 3.8) is 0 Å². The standard InChI is InChI=1S/C34H34BrN3O7S/c1-7-43-27-16-22(9-14-26(27)45-18-29(39)42-6)31-30(33(41)44-8-2)20(4)36-34-38(31)32(40)28(46-34)17-23-15-19(3)37(21(23)5)25-12-10-24(35)11-13-25/h9-17,31H,7-8,18H2,1-6H3/b28-17+/t31-/m0/s1. The van der Waals surface area contributed by atoms with E-state index in [0.29, 0.717) is 38.7 Å². The topological polar surface area (TPSA) is 110 Å². The number of aryl methyl sites for hydroxylation is 1. The molecule has 4 aromatic rings. The summed E-state index contributed by atoms with van der Waals surface area (Å²) >= 11 is 4.75. The van der Waals surface area contributed by atoms with Crippen molar-refractivity contribution in [2.45, 2.75) is 40.7 Å². The number of thiazole rings is 1. The first-order valence-corrected chi connectivity index (χ1v) is 16.3. The number of rotatable bonds is 10. The van der Waals surface area contributed by atoms with Crippen LogP contribution in [0.4, 0.5) is 0 Å². The van der Waals surface area contributed by atoms with Crippen molar-refractivity contribution in [1.29, 1.82) is 0 Å². The lowest BCUT2D eigenvalue weighted by Gasteiger charge is -2.25. The molecule has 12 heteroatoms. The minimum absolute atomic E-state index is 0.158. The zero-order valence-electron chi connectivity index (χ0n) is 26.4. The van der Waals surface area contributed by atoms with Crippen molar-refractivity contribution >= 4 is 45.3 Å². The van der Waals surface area contributed by atoms with Gasteiger partial charge in [-0.3, -0.25) is 9.36 Å². The van der Waals surface area contributed by atoms with E-state index in [1.807, 2.05) is 57.2 Å². The van der Waals surface area contributed by atoms with Crippen molar-refractivity contribution in [3.05, 3.63) is 106 Å². The Bertz CT molecular complexity index is 2020. The maximum absolute atomic E-state index is 14.2. The third-order valence-electron chi connectivity index (χ3n) is 7.52. The molecule has 0 radical (unpaired) electrons. The van der Waals surface area contributed by atoms with Crippen LogP contribution in [-0.4, -0.2) is 48.0 Å². The molecule has 2 aromatic heterocycles. The van der Waals surface area contributed by atoms with Crippen LogP contribution < -0.4 is 24.4 Å². The molecule has 0 unspecified atom stereocenters. The highest BCUT2D eigenvalue weighted by Gasteiger charge is 2.34. The normalized spacial score (nSPS) is 14.5. The molecule has 0 N–H and O–H groups in total. The number of carbonyl (C=O) groups is 2. The van der Waals surface area contributed by atoms with Crippen molar-refractivity contribution < 1.29 is 28.5 Å². The Hall–Kier alpha value is -4.42. The molecule has 0 bridgehead atoms. The Labute approximate surface area is 278 Å². The molecule has 0 aliphatic carbocycles. The first-order chi connectivity index (χ1) is 22.1. The van der Waals surface area contributed by atoms with Crippen LogP contribution in [0.25, 0.3) is 11.8 Å². The quantitative estimate of drug-likeness (QED) is 0.215. The molecule has 46 heavy (non-hydrogen) atoms. The minimum atomic E-state index is -0.846. The van der Waals surface area contributed by atoms with Gasteiger partial charge in [-0.2, -0.15) is 0 Å². The van der Waals surface area contributed by atoms with E-state index >= 15 is 0 Å². The second kappa shape index (κ2) is 13.9. The molecule has 1 atom stereocenters. The van der Waals surface area contributed by atoms with Crippen molar-refractivity contribution in [1.82, 2.24) is 9.13 Å². The van der Waals surface area contributed by atoms with Gasteiger partial charge in [0.05, 0.1) is 42.2 Å². The average Bonchev–Trinajstić information content (AvgIpc) is 3.49. The summed E-state index contributed by atoms with van der Waals surface area (Å²) in [6.07, 6.45) is 1.87. The number of nitrogens with zero attached hydrogens (tertiary/aromatic N) is 3. The van der Waals surface area contributed by atoms with Gasteiger partial charge in [-0.1, -0.05) is 33.3 Å².